The quantitative estimate of drug-likeness (QED) is 0.564. The number of hydrogen-bond acceptors (Lipinski definition) is 4. The first-order chi connectivity index (χ1) is 11.1. The highest BCUT2D eigenvalue weighted by Crippen LogP contribution is 2.31. The van der Waals surface area contributed by atoms with Gasteiger partial charge in [0, 0.05) is 33.8 Å². The van der Waals surface area contributed by atoms with Gasteiger partial charge in [0.15, 0.2) is 0 Å². The van der Waals surface area contributed by atoms with Crippen molar-refractivity contribution in [1.82, 2.24) is 0 Å². The van der Waals surface area contributed by atoms with E-state index in [0.29, 0.717) is 11.3 Å². The molecule has 114 valence electrons. The fourth-order valence-corrected chi connectivity index (χ4v) is 2.93. The standard InChI is InChI=1S/C17H12N2O3S/c20-17(12-7-9-13(10-8-12)19(21)22)18-15-5-2-1-4-14(15)16-6-3-11-23-16/h1-11H,(H,18,20). The van der Waals surface area contributed by atoms with Crippen molar-refractivity contribution in [2.45, 2.75) is 0 Å². The van der Waals surface area contributed by atoms with Gasteiger partial charge in [0.2, 0.25) is 0 Å². The molecule has 0 unspecified atom stereocenters. The van der Waals surface area contributed by atoms with Crippen molar-refractivity contribution >= 4 is 28.6 Å². The Bertz CT molecular complexity index is 843. The summed E-state index contributed by atoms with van der Waals surface area (Å²) in [5.41, 5.74) is 1.98. The summed E-state index contributed by atoms with van der Waals surface area (Å²) in [7, 11) is 0. The molecule has 0 saturated carbocycles. The molecule has 0 fully saturated rings. The Morgan fingerprint density at radius 3 is 2.39 bits per heavy atom. The summed E-state index contributed by atoms with van der Waals surface area (Å²) in [6.07, 6.45) is 0. The number of anilines is 1. The number of thiophene rings is 1. The fraction of sp³-hybridized carbons (Fsp3) is 0. The second kappa shape index (κ2) is 6.41. The number of para-hydroxylation sites is 1. The minimum Gasteiger partial charge on any atom is -0.321 e. The zero-order valence-electron chi connectivity index (χ0n) is 11.9. The summed E-state index contributed by atoms with van der Waals surface area (Å²) in [6, 6.07) is 17.0. The molecular weight excluding hydrogens is 312 g/mol. The lowest BCUT2D eigenvalue weighted by molar-refractivity contribution is -0.384. The maximum Gasteiger partial charge on any atom is 0.269 e. The third-order valence-electron chi connectivity index (χ3n) is 3.30. The molecule has 23 heavy (non-hydrogen) atoms. The molecule has 0 aliphatic heterocycles. The van der Waals surface area contributed by atoms with Gasteiger partial charge in [0.25, 0.3) is 11.6 Å². The molecule has 0 aliphatic carbocycles. The summed E-state index contributed by atoms with van der Waals surface area (Å²) in [6.45, 7) is 0. The molecule has 6 heteroatoms. The van der Waals surface area contributed by atoms with Crippen LogP contribution in [0.5, 0.6) is 0 Å². The molecule has 3 aromatic rings. The third kappa shape index (κ3) is 3.27. The fourth-order valence-electron chi connectivity index (χ4n) is 2.17. The van der Waals surface area contributed by atoms with Crippen molar-refractivity contribution in [3.63, 3.8) is 0 Å². The molecular formula is C17H12N2O3S. The van der Waals surface area contributed by atoms with Crippen molar-refractivity contribution in [2.75, 3.05) is 5.32 Å². The number of nitrogens with zero attached hydrogens (tertiary/aromatic N) is 1. The number of benzene rings is 2. The predicted octanol–water partition coefficient (Wildman–Crippen LogP) is 4.58. The number of amides is 1. The summed E-state index contributed by atoms with van der Waals surface area (Å²) in [4.78, 5) is 23.6. The molecule has 0 bridgehead atoms. The summed E-state index contributed by atoms with van der Waals surface area (Å²) >= 11 is 1.59. The smallest absolute Gasteiger partial charge is 0.269 e. The van der Waals surface area contributed by atoms with Crippen LogP contribution < -0.4 is 5.32 Å². The van der Waals surface area contributed by atoms with Gasteiger partial charge in [-0.3, -0.25) is 14.9 Å². The van der Waals surface area contributed by atoms with Crippen LogP contribution in [0.2, 0.25) is 0 Å². The summed E-state index contributed by atoms with van der Waals surface area (Å²) in [5.74, 6) is -0.302. The van der Waals surface area contributed by atoms with E-state index in [2.05, 4.69) is 5.32 Å². The second-order valence-corrected chi connectivity index (χ2v) is 5.73. The maximum atomic E-state index is 12.3. The van der Waals surface area contributed by atoms with Crippen LogP contribution in [0.3, 0.4) is 0 Å². The van der Waals surface area contributed by atoms with Crippen LogP contribution in [0.4, 0.5) is 11.4 Å². The van der Waals surface area contributed by atoms with Crippen molar-refractivity contribution < 1.29 is 9.72 Å². The van der Waals surface area contributed by atoms with Gasteiger partial charge in [0.05, 0.1) is 4.92 Å². The van der Waals surface area contributed by atoms with E-state index < -0.39 is 4.92 Å². The van der Waals surface area contributed by atoms with E-state index in [0.717, 1.165) is 10.4 Å². The molecule has 1 amide bonds. The van der Waals surface area contributed by atoms with E-state index >= 15 is 0 Å². The Kier molecular flexibility index (Phi) is 4.16. The van der Waals surface area contributed by atoms with E-state index in [4.69, 9.17) is 0 Å². The van der Waals surface area contributed by atoms with Gasteiger partial charge in [-0.15, -0.1) is 11.3 Å². The molecule has 0 aliphatic rings. The van der Waals surface area contributed by atoms with E-state index in [1.807, 2.05) is 41.8 Å². The predicted molar refractivity (Wildman–Crippen MR) is 90.8 cm³/mol. The van der Waals surface area contributed by atoms with Crippen LogP contribution >= 0.6 is 11.3 Å². The lowest BCUT2D eigenvalue weighted by atomic mass is 10.1. The van der Waals surface area contributed by atoms with Crippen molar-refractivity contribution in [1.29, 1.82) is 0 Å². The van der Waals surface area contributed by atoms with Crippen LogP contribution in [0.1, 0.15) is 10.4 Å². The van der Waals surface area contributed by atoms with Crippen LogP contribution in [0, 0.1) is 10.1 Å². The first-order valence-electron chi connectivity index (χ1n) is 6.84. The Morgan fingerprint density at radius 2 is 1.74 bits per heavy atom. The average Bonchev–Trinajstić information content (AvgIpc) is 3.09. The number of nitrogens with one attached hydrogen (secondary N) is 1. The van der Waals surface area contributed by atoms with Crippen LogP contribution in [-0.4, -0.2) is 10.8 Å². The molecule has 1 N–H and O–H groups in total. The number of carbonyl (C=O) groups excluding carboxylic acids is 1. The van der Waals surface area contributed by atoms with Gasteiger partial charge < -0.3 is 5.32 Å². The second-order valence-electron chi connectivity index (χ2n) is 4.78. The van der Waals surface area contributed by atoms with E-state index in [9.17, 15) is 14.9 Å². The van der Waals surface area contributed by atoms with Gasteiger partial charge in [-0.25, -0.2) is 0 Å². The highest BCUT2D eigenvalue weighted by atomic mass is 32.1. The number of rotatable bonds is 4. The van der Waals surface area contributed by atoms with Gasteiger partial charge in [0.1, 0.15) is 0 Å². The normalized spacial score (nSPS) is 10.3. The molecule has 5 nitrogen and oxygen atoms in total. The number of hydrogen-bond donors (Lipinski definition) is 1. The minimum atomic E-state index is -0.492. The highest BCUT2D eigenvalue weighted by molar-refractivity contribution is 7.13. The van der Waals surface area contributed by atoms with Crippen molar-refractivity contribution in [3.05, 3.63) is 81.7 Å². The van der Waals surface area contributed by atoms with Crippen LogP contribution in [0.15, 0.2) is 66.0 Å². The Balaban J connectivity index is 1.85. The molecule has 0 radical (unpaired) electrons. The van der Waals surface area contributed by atoms with E-state index in [-0.39, 0.29) is 11.6 Å². The van der Waals surface area contributed by atoms with Crippen LogP contribution in [0.25, 0.3) is 10.4 Å². The average molecular weight is 324 g/mol. The van der Waals surface area contributed by atoms with E-state index in [1.165, 1.54) is 24.3 Å². The highest BCUT2D eigenvalue weighted by Gasteiger charge is 2.12. The zero-order valence-corrected chi connectivity index (χ0v) is 12.7. The first-order valence-corrected chi connectivity index (χ1v) is 7.72. The number of nitro groups is 1. The zero-order chi connectivity index (χ0) is 16.2. The number of carbonyl (C=O) groups is 1. The molecule has 1 heterocycles. The lowest BCUT2D eigenvalue weighted by Gasteiger charge is -2.10. The maximum absolute atomic E-state index is 12.3. The lowest BCUT2D eigenvalue weighted by Crippen LogP contribution is -2.12. The minimum absolute atomic E-state index is 0.0412. The van der Waals surface area contributed by atoms with Crippen molar-refractivity contribution in [3.8, 4) is 10.4 Å². The SMILES string of the molecule is O=C(Nc1ccccc1-c1cccs1)c1ccc([N+](=O)[O-])cc1. The Labute approximate surface area is 136 Å². The molecule has 0 spiro atoms. The third-order valence-corrected chi connectivity index (χ3v) is 4.21. The first kappa shape index (κ1) is 14.9. The van der Waals surface area contributed by atoms with Gasteiger partial charge in [-0.1, -0.05) is 24.3 Å². The van der Waals surface area contributed by atoms with Gasteiger partial charge in [-0.05, 0) is 29.6 Å². The molecule has 3 rings (SSSR count). The largest absolute Gasteiger partial charge is 0.321 e. The van der Waals surface area contributed by atoms with Crippen molar-refractivity contribution in [2.24, 2.45) is 0 Å². The number of nitro benzene ring substituents is 1. The monoisotopic (exact) mass is 324 g/mol. The van der Waals surface area contributed by atoms with Crippen LogP contribution in [-0.2, 0) is 0 Å². The number of non-ortho nitro benzene ring substituents is 1. The Hall–Kier alpha value is -2.99. The van der Waals surface area contributed by atoms with E-state index in [1.54, 1.807) is 11.3 Å². The topological polar surface area (TPSA) is 72.2 Å². The molecule has 0 saturated heterocycles. The molecule has 1 aromatic heterocycles. The summed E-state index contributed by atoms with van der Waals surface area (Å²) < 4.78 is 0. The van der Waals surface area contributed by atoms with Gasteiger partial charge in [-0.2, -0.15) is 0 Å². The van der Waals surface area contributed by atoms with Gasteiger partial charge >= 0.3 is 0 Å². The summed E-state index contributed by atoms with van der Waals surface area (Å²) in [5, 5.41) is 15.5. The Morgan fingerprint density at radius 1 is 1.00 bits per heavy atom. The molecule has 0 atom stereocenters. The molecule has 2 aromatic carbocycles.